The summed E-state index contributed by atoms with van der Waals surface area (Å²) in [6.07, 6.45) is 6.47. The van der Waals surface area contributed by atoms with Crippen LogP contribution >= 0.6 is 23.4 Å². The Morgan fingerprint density at radius 2 is 2.05 bits per heavy atom. The van der Waals surface area contributed by atoms with Crippen molar-refractivity contribution in [3.8, 4) is 0 Å². The molecule has 0 spiro atoms. The van der Waals surface area contributed by atoms with Gasteiger partial charge in [-0.2, -0.15) is 11.8 Å². The third kappa shape index (κ3) is 6.30. The van der Waals surface area contributed by atoms with Gasteiger partial charge >= 0.3 is 0 Å². The third-order valence-electron chi connectivity index (χ3n) is 2.73. The summed E-state index contributed by atoms with van der Waals surface area (Å²) in [5, 5.41) is 3.08. The van der Waals surface area contributed by atoms with Gasteiger partial charge in [0.2, 0.25) is 0 Å². The molecule has 0 fully saturated rings. The van der Waals surface area contributed by atoms with Crippen molar-refractivity contribution < 1.29 is 9.18 Å². The van der Waals surface area contributed by atoms with E-state index in [9.17, 15) is 9.18 Å². The van der Waals surface area contributed by atoms with Gasteiger partial charge < -0.3 is 5.32 Å². The number of hydrogen-bond donors (Lipinski definition) is 1. The quantitative estimate of drug-likeness (QED) is 0.732. The average molecular weight is 304 g/mol. The molecule has 0 aromatic heterocycles. The molecule has 0 saturated carbocycles. The molecule has 106 valence electrons. The van der Waals surface area contributed by atoms with Crippen LogP contribution in [0.1, 0.15) is 36.0 Å². The summed E-state index contributed by atoms with van der Waals surface area (Å²) in [5.74, 6) is 0.242. The topological polar surface area (TPSA) is 29.1 Å². The highest BCUT2D eigenvalue weighted by molar-refractivity contribution is 7.98. The van der Waals surface area contributed by atoms with Gasteiger partial charge in [-0.05, 0) is 43.0 Å². The van der Waals surface area contributed by atoms with E-state index in [0.717, 1.165) is 12.8 Å². The first-order chi connectivity index (χ1) is 9.15. The molecule has 0 unspecified atom stereocenters. The van der Waals surface area contributed by atoms with Crippen LogP contribution in [0.5, 0.6) is 0 Å². The molecule has 0 radical (unpaired) electrons. The number of thioether (sulfide) groups is 1. The van der Waals surface area contributed by atoms with Crippen molar-refractivity contribution in [3.63, 3.8) is 0 Å². The maximum atomic E-state index is 13.4. The molecule has 1 aromatic rings. The maximum absolute atomic E-state index is 13.4. The van der Waals surface area contributed by atoms with Crippen LogP contribution in [0.3, 0.4) is 0 Å². The van der Waals surface area contributed by atoms with Crippen LogP contribution in [0.25, 0.3) is 0 Å². The Balaban J connectivity index is 2.26. The first kappa shape index (κ1) is 16.3. The van der Waals surface area contributed by atoms with Gasteiger partial charge in [-0.3, -0.25) is 4.79 Å². The Labute approximate surface area is 123 Å². The monoisotopic (exact) mass is 303 g/mol. The number of carbonyl (C=O) groups excluding carboxylic acids is 1. The highest BCUT2D eigenvalue weighted by Crippen LogP contribution is 2.14. The largest absolute Gasteiger partial charge is 0.352 e. The standard InChI is InChI=1S/C14H19ClFNOS/c1-19-9-5-3-2-4-8-17-14(18)12-10-11(15)6-7-13(12)16/h6-7,10H,2-5,8-9H2,1H3,(H,17,18). The minimum Gasteiger partial charge on any atom is -0.352 e. The summed E-state index contributed by atoms with van der Waals surface area (Å²) >= 11 is 7.59. The van der Waals surface area contributed by atoms with Crippen LogP contribution in [-0.2, 0) is 0 Å². The molecule has 0 aliphatic heterocycles. The predicted octanol–water partition coefficient (Wildman–Crippen LogP) is 4.13. The van der Waals surface area contributed by atoms with Crippen LogP contribution < -0.4 is 5.32 Å². The lowest BCUT2D eigenvalue weighted by Gasteiger charge is -2.06. The number of unbranched alkanes of at least 4 members (excludes halogenated alkanes) is 3. The number of nitrogens with one attached hydrogen (secondary N) is 1. The molecule has 1 N–H and O–H groups in total. The number of benzene rings is 1. The van der Waals surface area contributed by atoms with Gasteiger partial charge in [-0.25, -0.2) is 4.39 Å². The number of carbonyl (C=O) groups is 1. The molecule has 19 heavy (non-hydrogen) atoms. The van der Waals surface area contributed by atoms with Crippen molar-refractivity contribution in [1.29, 1.82) is 0 Å². The van der Waals surface area contributed by atoms with E-state index in [1.807, 2.05) is 11.8 Å². The smallest absolute Gasteiger partial charge is 0.254 e. The Bertz CT molecular complexity index is 414. The van der Waals surface area contributed by atoms with Crippen LogP contribution in [0, 0.1) is 5.82 Å². The molecular weight excluding hydrogens is 285 g/mol. The molecule has 0 atom stereocenters. The van der Waals surface area contributed by atoms with Crippen LogP contribution in [0.2, 0.25) is 5.02 Å². The summed E-state index contributed by atoms with van der Waals surface area (Å²) in [4.78, 5) is 11.7. The number of halogens is 2. The molecule has 0 heterocycles. The van der Waals surface area contributed by atoms with E-state index < -0.39 is 11.7 Å². The van der Waals surface area contributed by atoms with Crippen molar-refractivity contribution >= 4 is 29.3 Å². The van der Waals surface area contributed by atoms with Gasteiger partial charge in [0.1, 0.15) is 5.82 Å². The summed E-state index contributed by atoms with van der Waals surface area (Å²) in [6, 6.07) is 3.99. The highest BCUT2D eigenvalue weighted by atomic mass is 35.5. The molecule has 0 aliphatic carbocycles. The number of rotatable bonds is 8. The second-order valence-corrected chi connectivity index (χ2v) is 5.71. The van der Waals surface area contributed by atoms with E-state index in [4.69, 9.17) is 11.6 Å². The number of hydrogen-bond acceptors (Lipinski definition) is 2. The second-order valence-electron chi connectivity index (χ2n) is 4.29. The van der Waals surface area contributed by atoms with E-state index in [2.05, 4.69) is 11.6 Å². The highest BCUT2D eigenvalue weighted by Gasteiger charge is 2.11. The zero-order valence-corrected chi connectivity index (χ0v) is 12.6. The Kier molecular flexibility index (Phi) is 7.91. The Morgan fingerprint density at radius 3 is 2.79 bits per heavy atom. The zero-order chi connectivity index (χ0) is 14.1. The van der Waals surface area contributed by atoms with Gasteiger partial charge in [-0.1, -0.05) is 24.4 Å². The SMILES string of the molecule is CSCCCCCCNC(=O)c1cc(Cl)ccc1F. The molecule has 1 aromatic carbocycles. The molecule has 2 nitrogen and oxygen atoms in total. The minimum absolute atomic E-state index is 0.00915. The van der Waals surface area contributed by atoms with Crippen molar-refractivity contribution in [2.75, 3.05) is 18.6 Å². The van der Waals surface area contributed by atoms with Gasteiger partial charge in [0.05, 0.1) is 5.56 Å². The van der Waals surface area contributed by atoms with Crippen molar-refractivity contribution in [2.45, 2.75) is 25.7 Å². The third-order valence-corrected chi connectivity index (χ3v) is 3.67. The molecular formula is C14H19ClFNOS. The van der Waals surface area contributed by atoms with Crippen molar-refractivity contribution in [2.24, 2.45) is 0 Å². The van der Waals surface area contributed by atoms with E-state index in [1.54, 1.807) is 0 Å². The molecule has 1 rings (SSSR count). The fourth-order valence-electron chi connectivity index (χ4n) is 1.69. The first-order valence-corrected chi connectivity index (χ1v) is 8.14. The molecule has 1 amide bonds. The van der Waals surface area contributed by atoms with Crippen LogP contribution in [-0.4, -0.2) is 24.5 Å². The summed E-state index contributed by atoms with van der Waals surface area (Å²) in [6.45, 7) is 0.573. The normalized spacial score (nSPS) is 10.5. The molecule has 5 heteroatoms. The van der Waals surface area contributed by atoms with E-state index in [1.165, 1.54) is 36.8 Å². The van der Waals surface area contributed by atoms with E-state index in [0.29, 0.717) is 11.6 Å². The second kappa shape index (κ2) is 9.21. The minimum atomic E-state index is -0.540. The lowest BCUT2D eigenvalue weighted by Crippen LogP contribution is -2.25. The lowest BCUT2D eigenvalue weighted by atomic mass is 10.2. The first-order valence-electron chi connectivity index (χ1n) is 6.37. The molecule has 0 bridgehead atoms. The van der Waals surface area contributed by atoms with Gasteiger partial charge in [0.25, 0.3) is 5.91 Å². The Hall–Kier alpha value is -0.740. The summed E-state index contributed by atoms with van der Waals surface area (Å²) in [5.41, 5.74) is 0.00915. The summed E-state index contributed by atoms with van der Waals surface area (Å²) < 4.78 is 13.4. The zero-order valence-electron chi connectivity index (χ0n) is 11.0. The molecule has 0 aliphatic rings. The molecule has 0 saturated heterocycles. The number of amides is 1. The van der Waals surface area contributed by atoms with Crippen molar-refractivity contribution in [1.82, 2.24) is 5.32 Å². The van der Waals surface area contributed by atoms with E-state index in [-0.39, 0.29) is 5.56 Å². The van der Waals surface area contributed by atoms with Crippen molar-refractivity contribution in [3.05, 3.63) is 34.6 Å². The van der Waals surface area contributed by atoms with E-state index >= 15 is 0 Å². The van der Waals surface area contributed by atoms with Crippen LogP contribution in [0.4, 0.5) is 4.39 Å². The van der Waals surface area contributed by atoms with Gasteiger partial charge in [-0.15, -0.1) is 0 Å². The van der Waals surface area contributed by atoms with Crippen LogP contribution in [0.15, 0.2) is 18.2 Å². The summed E-state index contributed by atoms with van der Waals surface area (Å²) in [7, 11) is 0. The van der Waals surface area contributed by atoms with Gasteiger partial charge in [0, 0.05) is 11.6 Å². The predicted molar refractivity (Wildman–Crippen MR) is 80.6 cm³/mol. The average Bonchev–Trinajstić information content (AvgIpc) is 2.40. The maximum Gasteiger partial charge on any atom is 0.254 e. The lowest BCUT2D eigenvalue weighted by molar-refractivity contribution is 0.0949. The Morgan fingerprint density at radius 1 is 1.32 bits per heavy atom. The fraction of sp³-hybridized carbons (Fsp3) is 0.500. The fourth-order valence-corrected chi connectivity index (χ4v) is 2.36. The van der Waals surface area contributed by atoms with Gasteiger partial charge in [0.15, 0.2) is 0 Å².